The van der Waals surface area contributed by atoms with E-state index in [2.05, 4.69) is 15.2 Å². The number of benzene rings is 1. The molecule has 0 aliphatic heterocycles. The summed E-state index contributed by atoms with van der Waals surface area (Å²) in [6, 6.07) is 7.16. The summed E-state index contributed by atoms with van der Waals surface area (Å²) >= 11 is 6.29. The number of hydrogen-bond acceptors (Lipinski definition) is 4. The first-order valence-corrected chi connectivity index (χ1v) is 6.95. The fourth-order valence-corrected chi connectivity index (χ4v) is 2.47. The summed E-state index contributed by atoms with van der Waals surface area (Å²) in [4.78, 5) is 17.4. The number of rotatable bonds is 2. The van der Waals surface area contributed by atoms with E-state index in [1.165, 1.54) is 4.90 Å². The van der Waals surface area contributed by atoms with Crippen LogP contribution in [0.15, 0.2) is 30.5 Å². The maximum absolute atomic E-state index is 11.9. The Morgan fingerprint density at radius 3 is 2.77 bits per heavy atom. The van der Waals surface area contributed by atoms with Crippen LogP contribution < -0.4 is 5.73 Å². The van der Waals surface area contributed by atoms with Crippen LogP contribution in [0.2, 0.25) is 5.02 Å². The average molecular weight is 316 g/mol. The van der Waals surface area contributed by atoms with Gasteiger partial charge in [-0.25, -0.2) is 4.98 Å². The fourth-order valence-electron chi connectivity index (χ4n) is 2.20. The predicted octanol–water partition coefficient (Wildman–Crippen LogP) is 2.56. The molecule has 0 saturated carbocycles. The Balaban J connectivity index is 2.09. The second kappa shape index (κ2) is 5.31. The van der Waals surface area contributed by atoms with Crippen LogP contribution in [0.5, 0.6) is 0 Å². The zero-order valence-corrected chi connectivity index (χ0v) is 12.8. The van der Waals surface area contributed by atoms with Crippen molar-refractivity contribution in [2.45, 2.75) is 0 Å². The Kier molecular flexibility index (Phi) is 3.46. The van der Waals surface area contributed by atoms with Crippen molar-refractivity contribution in [2.24, 2.45) is 0 Å². The lowest BCUT2D eigenvalue weighted by Crippen LogP contribution is -2.21. The number of nitrogens with two attached hydrogens (primary N) is 1. The van der Waals surface area contributed by atoms with Crippen molar-refractivity contribution in [2.75, 3.05) is 19.8 Å². The first-order chi connectivity index (χ1) is 10.5. The number of amides is 1. The molecule has 3 N–H and O–H groups in total. The molecule has 0 saturated heterocycles. The maximum Gasteiger partial charge on any atom is 0.271 e. The molecule has 2 aromatic heterocycles. The average Bonchev–Trinajstić information content (AvgIpc) is 2.95. The molecular formula is C15H14ClN5O. The minimum atomic E-state index is -0.140. The van der Waals surface area contributed by atoms with Gasteiger partial charge in [0.1, 0.15) is 11.5 Å². The lowest BCUT2D eigenvalue weighted by molar-refractivity contribution is 0.0822. The molecule has 1 amide bonds. The van der Waals surface area contributed by atoms with E-state index in [0.29, 0.717) is 22.2 Å². The first kappa shape index (κ1) is 14.3. The molecule has 0 spiro atoms. The van der Waals surface area contributed by atoms with Crippen molar-refractivity contribution >= 4 is 34.1 Å². The molecule has 3 aromatic rings. The van der Waals surface area contributed by atoms with Crippen LogP contribution in [-0.2, 0) is 0 Å². The van der Waals surface area contributed by atoms with Crippen molar-refractivity contribution in [3.63, 3.8) is 0 Å². The third-order valence-electron chi connectivity index (χ3n) is 3.32. The number of halogens is 1. The minimum Gasteiger partial charge on any atom is -0.384 e. The van der Waals surface area contributed by atoms with Gasteiger partial charge in [0, 0.05) is 31.2 Å². The molecule has 7 heteroatoms. The predicted molar refractivity (Wildman–Crippen MR) is 86.8 cm³/mol. The number of aromatic amines is 1. The zero-order chi connectivity index (χ0) is 15.9. The van der Waals surface area contributed by atoms with Gasteiger partial charge in [0.05, 0.1) is 10.7 Å². The van der Waals surface area contributed by atoms with Crippen molar-refractivity contribution in [3.8, 4) is 11.3 Å². The van der Waals surface area contributed by atoms with Crippen molar-refractivity contribution in [1.82, 2.24) is 20.1 Å². The van der Waals surface area contributed by atoms with Gasteiger partial charge in [0.15, 0.2) is 0 Å². The molecule has 0 aliphatic rings. The van der Waals surface area contributed by atoms with Gasteiger partial charge in [-0.2, -0.15) is 5.10 Å². The zero-order valence-electron chi connectivity index (χ0n) is 12.1. The highest BCUT2D eigenvalue weighted by molar-refractivity contribution is 6.35. The third kappa shape index (κ3) is 2.48. The topological polar surface area (TPSA) is 87.9 Å². The van der Waals surface area contributed by atoms with E-state index in [1.54, 1.807) is 38.5 Å². The Morgan fingerprint density at radius 2 is 2.05 bits per heavy atom. The van der Waals surface area contributed by atoms with Gasteiger partial charge < -0.3 is 10.6 Å². The number of fused-ring (bicyclic) bond motifs is 1. The highest BCUT2D eigenvalue weighted by Gasteiger charge is 2.14. The molecule has 0 unspecified atom stereocenters. The van der Waals surface area contributed by atoms with Gasteiger partial charge in [-0.05, 0) is 29.7 Å². The number of nitrogen functional groups attached to an aromatic ring is 1. The van der Waals surface area contributed by atoms with E-state index in [-0.39, 0.29) is 5.91 Å². The molecule has 6 nitrogen and oxygen atoms in total. The van der Waals surface area contributed by atoms with E-state index in [1.807, 2.05) is 6.07 Å². The number of nitrogens with zero attached hydrogens (tertiary/aromatic N) is 3. The molecular weight excluding hydrogens is 302 g/mol. The number of aromatic nitrogens is 3. The van der Waals surface area contributed by atoms with Gasteiger partial charge in [0.2, 0.25) is 0 Å². The van der Waals surface area contributed by atoms with Gasteiger partial charge in [-0.3, -0.25) is 9.89 Å². The third-order valence-corrected chi connectivity index (χ3v) is 3.63. The number of pyridine rings is 1. The van der Waals surface area contributed by atoms with E-state index in [9.17, 15) is 4.79 Å². The summed E-state index contributed by atoms with van der Waals surface area (Å²) < 4.78 is 0. The summed E-state index contributed by atoms with van der Waals surface area (Å²) in [5.74, 6) is 0.283. The standard InChI is InChI=1S/C15H14ClN5O/c1-21(2)15(22)13-6-12(19-20-13)9-3-8-5-14(17)18-7-10(8)11(16)4-9/h3-7H,1-2H3,(H2,17,18)(H,19,20). The number of anilines is 1. The molecule has 0 fully saturated rings. The highest BCUT2D eigenvalue weighted by Crippen LogP contribution is 2.30. The van der Waals surface area contributed by atoms with Gasteiger partial charge in [0.25, 0.3) is 5.91 Å². The number of carbonyl (C=O) groups is 1. The quantitative estimate of drug-likeness (QED) is 0.760. The minimum absolute atomic E-state index is 0.140. The van der Waals surface area contributed by atoms with Crippen LogP contribution in [-0.4, -0.2) is 40.1 Å². The van der Waals surface area contributed by atoms with Crippen molar-refractivity contribution < 1.29 is 4.79 Å². The normalized spacial score (nSPS) is 10.9. The van der Waals surface area contributed by atoms with Crippen LogP contribution in [0.25, 0.3) is 22.0 Å². The fraction of sp³-hybridized carbons (Fsp3) is 0.133. The second-order valence-electron chi connectivity index (χ2n) is 5.15. The molecule has 3 rings (SSSR count). The number of carbonyl (C=O) groups excluding carboxylic acids is 1. The van der Waals surface area contributed by atoms with E-state index < -0.39 is 0 Å². The summed E-state index contributed by atoms with van der Waals surface area (Å²) in [6.45, 7) is 0. The second-order valence-corrected chi connectivity index (χ2v) is 5.56. The SMILES string of the molecule is CN(C)C(=O)c1cc(-c2cc(Cl)c3cnc(N)cc3c2)n[nH]1. The van der Waals surface area contributed by atoms with E-state index in [4.69, 9.17) is 17.3 Å². The smallest absolute Gasteiger partial charge is 0.271 e. The molecule has 2 heterocycles. The van der Waals surface area contributed by atoms with Gasteiger partial charge in [-0.1, -0.05) is 11.6 Å². The van der Waals surface area contributed by atoms with Crippen LogP contribution in [0, 0.1) is 0 Å². The van der Waals surface area contributed by atoms with Crippen LogP contribution in [0.4, 0.5) is 5.82 Å². The van der Waals surface area contributed by atoms with Crippen LogP contribution in [0.1, 0.15) is 10.5 Å². The lowest BCUT2D eigenvalue weighted by atomic mass is 10.1. The van der Waals surface area contributed by atoms with E-state index >= 15 is 0 Å². The number of hydrogen-bond donors (Lipinski definition) is 2. The van der Waals surface area contributed by atoms with Crippen LogP contribution >= 0.6 is 11.6 Å². The first-order valence-electron chi connectivity index (χ1n) is 6.58. The monoisotopic (exact) mass is 315 g/mol. The van der Waals surface area contributed by atoms with Crippen molar-refractivity contribution in [3.05, 3.63) is 41.2 Å². The summed E-state index contributed by atoms with van der Waals surface area (Å²) in [7, 11) is 3.37. The summed E-state index contributed by atoms with van der Waals surface area (Å²) in [5, 5.41) is 9.18. The van der Waals surface area contributed by atoms with Crippen molar-refractivity contribution in [1.29, 1.82) is 0 Å². The molecule has 0 aliphatic carbocycles. The maximum atomic E-state index is 11.9. The van der Waals surface area contributed by atoms with Crippen LogP contribution in [0.3, 0.4) is 0 Å². The Labute approximate surface area is 131 Å². The Morgan fingerprint density at radius 1 is 1.27 bits per heavy atom. The molecule has 112 valence electrons. The highest BCUT2D eigenvalue weighted by atomic mass is 35.5. The van der Waals surface area contributed by atoms with Gasteiger partial charge in [-0.15, -0.1) is 0 Å². The summed E-state index contributed by atoms with van der Waals surface area (Å²) in [5.41, 5.74) is 7.58. The summed E-state index contributed by atoms with van der Waals surface area (Å²) in [6.07, 6.45) is 1.64. The van der Waals surface area contributed by atoms with Gasteiger partial charge >= 0.3 is 0 Å². The molecule has 0 bridgehead atoms. The Hall–Kier alpha value is -2.60. The molecule has 1 aromatic carbocycles. The molecule has 0 radical (unpaired) electrons. The lowest BCUT2D eigenvalue weighted by Gasteiger charge is -2.07. The number of nitrogens with one attached hydrogen (secondary N) is 1. The molecule has 0 atom stereocenters. The number of H-pyrrole nitrogens is 1. The Bertz CT molecular complexity index is 871. The molecule has 22 heavy (non-hydrogen) atoms. The largest absolute Gasteiger partial charge is 0.384 e. The van der Waals surface area contributed by atoms with E-state index in [0.717, 1.165) is 16.3 Å².